The summed E-state index contributed by atoms with van der Waals surface area (Å²) in [7, 11) is 0. The molecule has 0 radical (unpaired) electrons. The standard InChI is InChI=1S/C20H17Cl2F2N3O4/c21-13-2-1-11(3-14(13)23)30-6-16(28)26-19-8-20(9-19,10-19)27-17(29)7-31-12-4-15(24)18(22)25-5-12/h1-5H,6-10H2,(H,26,28)(H,27,29). The highest BCUT2D eigenvalue weighted by Gasteiger charge is 2.69. The lowest BCUT2D eigenvalue weighted by atomic mass is 9.44. The van der Waals surface area contributed by atoms with Gasteiger partial charge in [0.2, 0.25) is 0 Å². The van der Waals surface area contributed by atoms with Crippen LogP contribution in [0.4, 0.5) is 8.78 Å². The molecule has 5 rings (SSSR count). The summed E-state index contributed by atoms with van der Waals surface area (Å²) < 4.78 is 37.2. The van der Waals surface area contributed by atoms with E-state index in [1.165, 1.54) is 18.3 Å². The molecule has 2 amide bonds. The minimum atomic E-state index is -0.734. The van der Waals surface area contributed by atoms with Gasteiger partial charge >= 0.3 is 0 Å². The molecular formula is C20H17Cl2F2N3O4. The van der Waals surface area contributed by atoms with Crippen LogP contribution in [0, 0.1) is 11.6 Å². The Morgan fingerprint density at radius 3 is 2.03 bits per heavy atom. The molecule has 0 spiro atoms. The average Bonchev–Trinajstić information content (AvgIpc) is 2.67. The molecule has 0 aliphatic heterocycles. The summed E-state index contributed by atoms with van der Waals surface area (Å²) >= 11 is 11.1. The van der Waals surface area contributed by atoms with Gasteiger partial charge in [0.25, 0.3) is 11.8 Å². The van der Waals surface area contributed by atoms with Gasteiger partial charge in [-0.3, -0.25) is 9.59 Å². The van der Waals surface area contributed by atoms with E-state index in [-0.39, 0.29) is 57.8 Å². The van der Waals surface area contributed by atoms with Crippen LogP contribution >= 0.6 is 23.2 Å². The maximum Gasteiger partial charge on any atom is 0.258 e. The summed E-state index contributed by atoms with van der Waals surface area (Å²) in [5.41, 5.74) is -0.750. The predicted molar refractivity (Wildman–Crippen MR) is 107 cm³/mol. The van der Waals surface area contributed by atoms with Crippen LogP contribution in [0.1, 0.15) is 19.3 Å². The molecule has 0 saturated heterocycles. The van der Waals surface area contributed by atoms with Gasteiger partial charge in [0.05, 0.1) is 11.2 Å². The minimum absolute atomic E-state index is 0.0274. The molecule has 0 atom stereocenters. The van der Waals surface area contributed by atoms with Crippen LogP contribution < -0.4 is 20.1 Å². The highest BCUT2D eigenvalue weighted by molar-refractivity contribution is 6.30. The Labute approximate surface area is 186 Å². The van der Waals surface area contributed by atoms with E-state index in [1.807, 2.05) is 0 Å². The zero-order chi connectivity index (χ0) is 22.2. The molecule has 3 aliphatic rings. The Bertz CT molecular complexity index is 954. The van der Waals surface area contributed by atoms with Crippen LogP contribution in [-0.2, 0) is 9.59 Å². The van der Waals surface area contributed by atoms with Gasteiger partial charge in [0.1, 0.15) is 17.3 Å². The summed E-state index contributed by atoms with van der Waals surface area (Å²) in [5.74, 6) is -1.76. The Hall–Kier alpha value is -2.65. The van der Waals surface area contributed by atoms with Gasteiger partial charge < -0.3 is 20.1 Å². The summed E-state index contributed by atoms with van der Waals surface area (Å²) in [6, 6.07) is 4.98. The van der Waals surface area contributed by atoms with E-state index in [4.69, 9.17) is 32.7 Å². The van der Waals surface area contributed by atoms with Crippen LogP contribution in [0.5, 0.6) is 11.5 Å². The molecule has 1 heterocycles. The third-order valence-electron chi connectivity index (χ3n) is 5.24. The molecule has 2 bridgehead atoms. The number of carbonyl (C=O) groups excluding carboxylic acids is 2. The third-order valence-corrected chi connectivity index (χ3v) is 5.83. The number of nitrogens with zero attached hydrogens (tertiary/aromatic N) is 1. The topological polar surface area (TPSA) is 89.6 Å². The fourth-order valence-corrected chi connectivity index (χ4v) is 4.28. The average molecular weight is 472 g/mol. The summed E-state index contributed by atoms with van der Waals surface area (Å²) in [6.07, 6.45) is 2.99. The van der Waals surface area contributed by atoms with E-state index < -0.39 is 11.6 Å². The first kappa shape index (κ1) is 21.6. The number of hydrogen-bond acceptors (Lipinski definition) is 5. The van der Waals surface area contributed by atoms with Crippen LogP contribution in [0.25, 0.3) is 0 Å². The van der Waals surface area contributed by atoms with Crippen molar-refractivity contribution in [2.45, 2.75) is 30.3 Å². The van der Waals surface area contributed by atoms with Gasteiger partial charge in [-0.2, -0.15) is 0 Å². The first-order valence-corrected chi connectivity index (χ1v) is 10.1. The van der Waals surface area contributed by atoms with Gasteiger partial charge in [0.15, 0.2) is 24.2 Å². The molecule has 31 heavy (non-hydrogen) atoms. The Balaban J connectivity index is 1.17. The number of pyridine rings is 1. The molecule has 2 N–H and O–H groups in total. The summed E-state index contributed by atoms with van der Waals surface area (Å²) in [5, 5.41) is 5.47. The van der Waals surface area contributed by atoms with Gasteiger partial charge in [-0.05, 0) is 31.4 Å². The summed E-state index contributed by atoms with van der Waals surface area (Å²) in [6.45, 7) is -0.558. The van der Waals surface area contributed by atoms with Gasteiger partial charge in [-0.15, -0.1) is 0 Å². The third kappa shape index (κ3) is 4.67. The molecule has 3 saturated carbocycles. The molecule has 7 nitrogen and oxygen atoms in total. The quantitative estimate of drug-likeness (QED) is 0.577. The minimum Gasteiger partial charge on any atom is -0.484 e. The number of benzene rings is 1. The molecule has 0 unspecified atom stereocenters. The molecule has 3 fully saturated rings. The van der Waals surface area contributed by atoms with Crippen molar-refractivity contribution >= 4 is 35.0 Å². The van der Waals surface area contributed by atoms with E-state index >= 15 is 0 Å². The van der Waals surface area contributed by atoms with Crippen molar-refractivity contribution in [3.8, 4) is 11.5 Å². The van der Waals surface area contributed by atoms with Crippen molar-refractivity contribution in [1.82, 2.24) is 15.6 Å². The van der Waals surface area contributed by atoms with Crippen molar-refractivity contribution in [2.75, 3.05) is 13.2 Å². The first-order valence-electron chi connectivity index (χ1n) is 9.31. The Morgan fingerprint density at radius 2 is 1.48 bits per heavy atom. The molecule has 11 heteroatoms. The molecule has 164 valence electrons. The van der Waals surface area contributed by atoms with Crippen molar-refractivity contribution < 1.29 is 27.8 Å². The van der Waals surface area contributed by atoms with Crippen molar-refractivity contribution in [3.05, 3.63) is 52.3 Å². The Morgan fingerprint density at radius 1 is 0.935 bits per heavy atom. The van der Waals surface area contributed by atoms with E-state index in [0.29, 0.717) is 19.3 Å². The maximum atomic E-state index is 13.4. The number of nitrogens with one attached hydrogen (secondary N) is 2. The fraction of sp³-hybridized carbons (Fsp3) is 0.350. The first-order chi connectivity index (χ1) is 14.7. The number of halogens is 4. The molecule has 1 aromatic heterocycles. The molecular weight excluding hydrogens is 455 g/mol. The normalized spacial score (nSPS) is 23.2. The lowest BCUT2D eigenvalue weighted by Crippen LogP contribution is -2.84. The SMILES string of the molecule is O=C(COc1ccc(Cl)c(F)c1)NC12CC(NC(=O)COc3cnc(Cl)c(F)c3)(C1)C2. The number of aromatic nitrogens is 1. The predicted octanol–water partition coefficient (Wildman–Crippen LogP) is 3.03. The van der Waals surface area contributed by atoms with Crippen molar-refractivity contribution in [3.63, 3.8) is 0 Å². The van der Waals surface area contributed by atoms with E-state index in [9.17, 15) is 18.4 Å². The van der Waals surface area contributed by atoms with Gasteiger partial charge in [-0.1, -0.05) is 23.2 Å². The second-order valence-electron chi connectivity index (χ2n) is 7.78. The van der Waals surface area contributed by atoms with Crippen molar-refractivity contribution in [2.24, 2.45) is 0 Å². The maximum absolute atomic E-state index is 13.4. The lowest BCUT2D eigenvalue weighted by molar-refractivity contribution is -0.151. The fourth-order valence-electron chi connectivity index (χ4n) is 4.06. The number of hydrogen-bond donors (Lipinski definition) is 2. The summed E-state index contributed by atoms with van der Waals surface area (Å²) in [4.78, 5) is 27.8. The van der Waals surface area contributed by atoms with Crippen LogP contribution in [0.15, 0.2) is 30.5 Å². The highest BCUT2D eigenvalue weighted by atomic mass is 35.5. The zero-order valence-electron chi connectivity index (χ0n) is 16.0. The smallest absolute Gasteiger partial charge is 0.258 e. The Kier molecular flexibility index (Phi) is 5.65. The monoisotopic (exact) mass is 471 g/mol. The highest BCUT2D eigenvalue weighted by Crippen LogP contribution is 2.60. The molecule has 2 aromatic rings. The van der Waals surface area contributed by atoms with Gasteiger partial charge in [0, 0.05) is 23.2 Å². The number of ether oxygens (including phenoxy) is 2. The largest absolute Gasteiger partial charge is 0.484 e. The molecule has 3 aliphatic carbocycles. The van der Waals surface area contributed by atoms with E-state index in [2.05, 4.69) is 15.6 Å². The molecule has 1 aromatic carbocycles. The van der Waals surface area contributed by atoms with Crippen LogP contribution in [0.3, 0.4) is 0 Å². The second-order valence-corrected chi connectivity index (χ2v) is 8.55. The van der Waals surface area contributed by atoms with Crippen LogP contribution in [-0.4, -0.2) is 41.1 Å². The van der Waals surface area contributed by atoms with E-state index in [1.54, 1.807) is 0 Å². The number of rotatable bonds is 8. The van der Waals surface area contributed by atoms with E-state index in [0.717, 1.165) is 12.1 Å². The van der Waals surface area contributed by atoms with Gasteiger partial charge in [-0.25, -0.2) is 13.8 Å². The number of amides is 2. The van der Waals surface area contributed by atoms with Crippen LogP contribution in [0.2, 0.25) is 10.2 Å². The van der Waals surface area contributed by atoms with Crippen molar-refractivity contribution in [1.29, 1.82) is 0 Å². The second kappa shape index (κ2) is 8.12. The number of carbonyl (C=O) groups is 2. The zero-order valence-corrected chi connectivity index (χ0v) is 17.5. The lowest BCUT2D eigenvalue weighted by Gasteiger charge is -2.70.